The number of hydrogen-bond donors (Lipinski definition) is 2. The highest BCUT2D eigenvalue weighted by atomic mass is 16.6. The van der Waals surface area contributed by atoms with Crippen LogP contribution in [0.15, 0.2) is 18.2 Å². The first-order valence-electron chi connectivity index (χ1n) is 15.5. The fraction of sp³-hybridized carbons (Fsp3) is 0.727. The van der Waals surface area contributed by atoms with Crippen molar-refractivity contribution in [1.82, 2.24) is 15.5 Å². The average Bonchev–Trinajstić information content (AvgIpc) is 2.86. The van der Waals surface area contributed by atoms with Crippen LogP contribution in [-0.2, 0) is 14.3 Å². The van der Waals surface area contributed by atoms with Crippen LogP contribution in [0.1, 0.15) is 128 Å². The molecule has 3 amide bonds. The third kappa shape index (κ3) is 10.8. The molecule has 2 rings (SSSR count). The number of nitrogens with zero attached hydrogens (tertiary/aromatic N) is 1. The molecule has 2 unspecified atom stereocenters. The largest absolute Gasteiger partial charge is 0.444 e. The van der Waals surface area contributed by atoms with Crippen molar-refractivity contribution in [2.75, 3.05) is 6.54 Å². The number of alkyl carbamates (subject to hydrolysis) is 1. The van der Waals surface area contributed by atoms with Gasteiger partial charge in [-0.05, 0) is 82.9 Å². The molecular formula is C33H55N3O4. The summed E-state index contributed by atoms with van der Waals surface area (Å²) < 4.78 is 5.52. The fourth-order valence-electron chi connectivity index (χ4n) is 5.47. The number of carbonyl (C=O) groups is 3. The van der Waals surface area contributed by atoms with Gasteiger partial charge in [0.2, 0.25) is 11.8 Å². The van der Waals surface area contributed by atoms with Crippen LogP contribution in [-0.4, -0.2) is 47.0 Å². The van der Waals surface area contributed by atoms with Crippen LogP contribution in [0.2, 0.25) is 0 Å². The first-order chi connectivity index (χ1) is 18.8. The topological polar surface area (TPSA) is 87.7 Å². The van der Waals surface area contributed by atoms with Crippen molar-refractivity contribution >= 4 is 17.9 Å². The van der Waals surface area contributed by atoms with Gasteiger partial charge in [0.15, 0.2) is 0 Å². The highest BCUT2D eigenvalue weighted by Crippen LogP contribution is 2.29. The molecule has 226 valence electrons. The zero-order chi connectivity index (χ0) is 29.9. The van der Waals surface area contributed by atoms with E-state index in [1.54, 1.807) is 25.7 Å². The zero-order valence-corrected chi connectivity index (χ0v) is 26.4. The van der Waals surface area contributed by atoms with Gasteiger partial charge in [-0.15, -0.1) is 0 Å². The lowest BCUT2D eigenvalue weighted by Gasteiger charge is -2.37. The van der Waals surface area contributed by atoms with Gasteiger partial charge in [-0.1, -0.05) is 77.5 Å². The van der Waals surface area contributed by atoms with E-state index in [2.05, 4.69) is 17.6 Å². The van der Waals surface area contributed by atoms with E-state index in [1.807, 2.05) is 45.9 Å². The first kappa shape index (κ1) is 33.6. The summed E-state index contributed by atoms with van der Waals surface area (Å²) in [6, 6.07) is 4.52. The van der Waals surface area contributed by atoms with Crippen molar-refractivity contribution in [3.63, 3.8) is 0 Å². The van der Waals surface area contributed by atoms with Gasteiger partial charge in [0.25, 0.3) is 0 Å². The predicted molar refractivity (Wildman–Crippen MR) is 162 cm³/mol. The van der Waals surface area contributed by atoms with E-state index in [-0.39, 0.29) is 23.8 Å². The van der Waals surface area contributed by atoms with Crippen LogP contribution in [0, 0.1) is 19.8 Å². The summed E-state index contributed by atoms with van der Waals surface area (Å²) in [5.74, 6) is -0.216. The number of hydrogen-bond acceptors (Lipinski definition) is 4. The number of carbonyl (C=O) groups excluding carboxylic acids is 3. The monoisotopic (exact) mass is 557 g/mol. The second-order valence-corrected chi connectivity index (χ2v) is 13.0. The number of unbranched alkanes of at least 4 members (excludes halogenated alkanes) is 3. The molecule has 2 atom stereocenters. The fourth-order valence-corrected chi connectivity index (χ4v) is 5.47. The van der Waals surface area contributed by atoms with Gasteiger partial charge in [-0.2, -0.15) is 0 Å². The Morgan fingerprint density at radius 3 is 2.30 bits per heavy atom. The van der Waals surface area contributed by atoms with E-state index in [0.29, 0.717) is 13.0 Å². The highest BCUT2D eigenvalue weighted by molar-refractivity contribution is 5.92. The minimum Gasteiger partial charge on any atom is -0.444 e. The van der Waals surface area contributed by atoms with Gasteiger partial charge in [0.05, 0.1) is 0 Å². The number of rotatable bonds is 13. The summed E-state index contributed by atoms with van der Waals surface area (Å²) in [5.41, 5.74) is 2.25. The van der Waals surface area contributed by atoms with Gasteiger partial charge >= 0.3 is 6.09 Å². The maximum atomic E-state index is 14.4. The van der Waals surface area contributed by atoms with Crippen molar-refractivity contribution in [2.45, 2.75) is 143 Å². The molecule has 0 aromatic heterocycles. The van der Waals surface area contributed by atoms with Gasteiger partial charge in [0, 0.05) is 12.6 Å². The molecule has 40 heavy (non-hydrogen) atoms. The summed E-state index contributed by atoms with van der Waals surface area (Å²) >= 11 is 0. The van der Waals surface area contributed by atoms with Gasteiger partial charge in [0.1, 0.15) is 17.7 Å². The van der Waals surface area contributed by atoms with E-state index >= 15 is 0 Å². The molecule has 0 spiro atoms. The van der Waals surface area contributed by atoms with Crippen LogP contribution in [0.4, 0.5) is 4.79 Å². The molecule has 1 aromatic carbocycles. The maximum absolute atomic E-state index is 14.4. The van der Waals surface area contributed by atoms with Crippen molar-refractivity contribution in [3.8, 4) is 0 Å². The summed E-state index contributed by atoms with van der Waals surface area (Å²) in [6.45, 7) is 16.1. The Hall–Kier alpha value is -2.57. The molecule has 1 aromatic rings. The van der Waals surface area contributed by atoms with E-state index in [0.717, 1.165) is 68.1 Å². The van der Waals surface area contributed by atoms with Crippen molar-refractivity contribution < 1.29 is 19.1 Å². The van der Waals surface area contributed by atoms with Gasteiger partial charge < -0.3 is 20.3 Å². The summed E-state index contributed by atoms with van der Waals surface area (Å²) in [6.07, 6.45) is 9.07. The lowest BCUT2D eigenvalue weighted by atomic mass is 9.92. The molecule has 2 N–H and O–H groups in total. The van der Waals surface area contributed by atoms with E-state index in [1.165, 1.54) is 6.42 Å². The smallest absolute Gasteiger partial charge is 0.408 e. The van der Waals surface area contributed by atoms with Crippen molar-refractivity contribution in [1.29, 1.82) is 0 Å². The molecule has 0 heterocycles. The molecule has 0 bridgehead atoms. The first-order valence-corrected chi connectivity index (χ1v) is 15.5. The molecule has 0 aliphatic heterocycles. The zero-order valence-electron chi connectivity index (χ0n) is 26.4. The Kier molecular flexibility index (Phi) is 13.5. The maximum Gasteiger partial charge on any atom is 0.408 e. The quantitative estimate of drug-likeness (QED) is 0.252. The van der Waals surface area contributed by atoms with Crippen molar-refractivity contribution in [3.05, 3.63) is 34.9 Å². The predicted octanol–water partition coefficient (Wildman–Crippen LogP) is 7.14. The second-order valence-electron chi connectivity index (χ2n) is 13.0. The normalized spacial score (nSPS) is 15.8. The van der Waals surface area contributed by atoms with Gasteiger partial charge in [-0.3, -0.25) is 9.59 Å². The SMILES string of the molecule is CCCCCCN(C(=O)C(CC(C)C)NC(=O)OC(C)(C)C)C(C(=O)NC1CCCCC1)c1cccc(C)c1C. The second kappa shape index (κ2) is 16.0. The van der Waals surface area contributed by atoms with Crippen LogP contribution in [0.3, 0.4) is 0 Å². The van der Waals surface area contributed by atoms with E-state index < -0.39 is 23.8 Å². The number of ether oxygens (including phenoxy) is 1. The van der Waals surface area contributed by atoms with E-state index in [9.17, 15) is 14.4 Å². The average molecular weight is 558 g/mol. The van der Waals surface area contributed by atoms with Crippen LogP contribution >= 0.6 is 0 Å². The Labute approximate surface area is 243 Å². The lowest BCUT2D eigenvalue weighted by molar-refractivity contribution is -0.143. The van der Waals surface area contributed by atoms with E-state index in [4.69, 9.17) is 4.74 Å². The third-order valence-electron chi connectivity index (χ3n) is 7.68. The third-order valence-corrected chi connectivity index (χ3v) is 7.68. The van der Waals surface area contributed by atoms with Crippen LogP contribution in [0.25, 0.3) is 0 Å². The minimum absolute atomic E-state index is 0.122. The lowest BCUT2D eigenvalue weighted by Crippen LogP contribution is -2.54. The molecule has 1 saturated carbocycles. The number of benzene rings is 1. The standard InChI is InChI=1S/C33H55N3O4/c1-9-10-11-15-21-36(31(38)28(22-23(2)3)35-32(39)40-33(6,7)8)29(27-20-16-17-24(4)25(27)5)30(37)34-26-18-13-12-14-19-26/h16-17,20,23,26,28-29H,9-15,18-19,21-22H2,1-8H3,(H,34,37)(H,35,39). The summed E-state index contributed by atoms with van der Waals surface area (Å²) in [7, 11) is 0. The summed E-state index contributed by atoms with van der Waals surface area (Å²) in [4.78, 5) is 43.1. The molecule has 0 radical (unpaired) electrons. The number of amides is 3. The minimum atomic E-state index is -0.795. The Bertz CT molecular complexity index is 963. The van der Waals surface area contributed by atoms with Crippen LogP contribution in [0.5, 0.6) is 0 Å². The van der Waals surface area contributed by atoms with Crippen LogP contribution < -0.4 is 10.6 Å². The van der Waals surface area contributed by atoms with Crippen molar-refractivity contribution in [2.24, 2.45) is 5.92 Å². The molecule has 7 nitrogen and oxygen atoms in total. The number of aryl methyl sites for hydroxylation is 1. The Balaban J connectivity index is 2.52. The number of nitrogens with one attached hydrogen (secondary N) is 2. The molecule has 1 aliphatic rings. The molecule has 1 fully saturated rings. The summed E-state index contributed by atoms with van der Waals surface area (Å²) in [5, 5.41) is 6.16. The Morgan fingerprint density at radius 2 is 1.70 bits per heavy atom. The molecule has 1 aliphatic carbocycles. The highest BCUT2D eigenvalue weighted by Gasteiger charge is 2.37. The molecular weight excluding hydrogens is 502 g/mol. The molecule has 7 heteroatoms. The Morgan fingerprint density at radius 1 is 1.02 bits per heavy atom. The molecule has 0 saturated heterocycles. The van der Waals surface area contributed by atoms with Gasteiger partial charge in [-0.25, -0.2) is 4.79 Å².